The molecule has 4 N–H and O–H groups in total. The summed E-state index contributed by atoms with van der Waals surface area (Å²) < 4.78 is 27.9. The molecule has 15 heteroatoms. The van der Waals surface area contributed by atoms with E-state index < -0.39 is 63.2 Å². The molecular weight excluding hydrogens is 717 g/mol. The van der Waals surface area contributed by atoms with Gasteiger partial charge in [-0.25, -0.2) is 13.2 Å². The highest BCUT2D eigenvalue weighted by Gasteiger charge is 2.70. The van der Waals surface area contributed by atoms with Crippen molar-refractivity contribution < 1.29 is 32.4 Å². The molecule has 1 unspecified atom stereocenters. The molecule has 0 spiro atoms. The average molecular weight is 775 g/mol. The fourth-order valence-corrected chi connectivity index (χ4v) is 10.8. The molecule has 2 heterocycles. The standard InChI is InChI=1S/C38H58N6O7S2/c1-8-19-39-34(47)32(45)29(23-16-12-17-23)41-33(46)31-28-25(38(28,5)6)21-44(31)35(48)30(24-14-10-9-11-15-24)42-36(49)40-26(37(2,3)4)22-43(7)53(50,51)27-18-13-20-52-27/h8,13,18,20,23-26,28-31H,1,9-12,14-17,19,21-22H2,2-7H3,(H,39,47)(H,41,46)(H2,40,42,49)/t25-,26+,28-,29?,30-,31-/m0/s1. The zero-order valence-corrected chi connectivity index (χ0v) is 33.6. The van der Waals surface area contributed by atoms with Crippen molar-refractivity contribution in [3.8, 4) is 0 Å². The monoisotopic (exact) mass is 774 g/mol. The van der Waals surface area contributed by atoms with Gasteiger partial charge in [0.1, 0.15) is 22.3 Å². The quantitative estimate of drug-likeness (QED) is 0.156. The third-order valence-corrected chi connectivity index (χ3v) is 15.4. The van der Waals surface area contributed by atoms with E-state index in [2.05, 4.69) is 41.7 Å². The Labute approximate surface area is 318 Å². The van der Waals surface area contributed by atoms with Crippen LogP contribution in [0.4, 0.5) is 4.79 Å². The third kappa shape index (κ3) is 8.83. The minimum absolute atomic E-state index is 0.0124. The van der Waals surface area contributed by atoms with Crippen LogP contribution in [0.2, 0.25) is 0 Å². The first-order chi connectivity index (χ1) is 24.9. The second kappa shape index (κ2) is 16.2. The number of urea groups is 1. The lowest BCUT2D eigenvalue weighted by Crippen LogP contribution is -2.62. The number of Topliss-reactive ketones (excluding diaryl/α,β-unsaturated/α-hetero) is 1. The molecular formula is C38H58N6O7S2. The van der Waals surface area contributed by atoms with Crippen LogP contribution in [-0.2, 0) is 29.2 Å². The average Bonchev–Trinajstić information content (AvgIpc) is 3.54. The van der Waals surface area contributed by atoms with Crippen LogP contribution in [-0.4, -0.2) is 98.0 Å². The van der Waals surface area contributed by atoms with Gasteiger partial charge in [0.2, 0.25) is 17.6 Å². The smallest absolute Gasteiger partial charge is 0.315 e. The number of carbonyl (C=O) groups is 5. The molecule has 1 aromatic heterocycles. The summed E-state index contributed by atoms with van der Waals surface area (Å²) in [6, 6.07) is -0.720. The van der Waals surface area contributed by atoms with Gasteiger partial charge in [-0.3, -0.25) is 19.2 Å². The van der Waals surface area contributed by atoms with Gasteiger partial charge in [0.15, 0.2) is 0 Å². The number of likely N-dealkylation sites (N-methyl/N-ethyl adjacent to an activating group) is 1. The van der Waals surface area contributed by atoms with E-state index in [0.29, 0.717) is 19.4 Å². The van der Waals surface area contributed by atoms with Gasteiger partial charge >= 0.3 is 6.03 Å². The van der Waals surface area contributed by atoms with Crippen LogP contribution in [0.5, 0.6) is 0 Å². The molecule has 5 rings (SSSR count). The van der Waals surface area contributed by atoms with Gasteiger partial charge in [-0.1, -0.05) is 72.4 Å². The molecule has 53 heavy (non-hydrogen) atoms. The number of fused-ring (bicyclic) bond motifs is 1. The Morgan fingerprint density at radius 2 is 1.64 bits per heavy atom. The number of piperidine rings is 1. The van der Waals surface area contributed by atoms with Gasteiger partial charge in [-0.05, 0) is 71.6 Å². The van der Waals surface area contributed by atoms with Crippen molar-refractivity contribution >= 4 is 50.9 Å². The first-order valence-electron chi connectivity index (χ1n) is 19.0. The van der Waals surface area contributed by atoms with Crippen LogP contribution in [0.3, 0.4) is 0 Å². The number of rotatable bonds is 15. The Morgan fingerprint density at radius 3 is 2.21 bits per heavy atom. The van der Waals surface area contributed by atoms with Crippen LogP contribution in [0, 0.1) is 34.5 Å². The number of nitrogens with one attached hydrogen (secondary N) is 4. The molecule has 13 nitrogen and oxygen atoms in total. The fraction of sp³-hybridized carbons (Fsp3) is 0.711. The van der Waals surface area contributed by atoms with Gasteiger partial charge in [0.25, 0.3) is 15.9 Å². The Kier molecular flexibility index (Phi) is 12.5. The SMILES string of the molecule is C=CCNC(=O)C(=O)C(NC(=O)[C@@H]1[C@@H]2[C@H](CN1C(=O)[C@@H](NC(=O)N[C@H](CN(C)S(=O)(=O)c1cccs1)C(C)(C)C)C1CCCCC1)C2(C)C)C1CCC1. The molecule has 0 radical (unpaired) electrons. The molecule has 0 aromatic carbocycles. The van der Waals surface area contributed by atoms with Crippen LogP contribution >= 0.6 is 11.3 Å². The summed E-state index contributed by atoms with van der Waals surface area (Å²) in [7, 11) is -2.28. The van der Waals surface area contributed by atoms with E-state index in [9.17, 15) is 32.4 Å². The summed E-state index contributed by atoms with van der Waals surface area (Å²) in [5.41, 5.74) is -0.737. The van der Waals surface area contributed by atoms with Crippen molar-refractivity contribution in [2.24, 2.45) is 34.5 Å². The fourth-order valence-electron chi connectivity index (χ4n) is 8.44. The Bertz CT molecular complexity index is 1650. The molecule has 1 aliphatic heterocycles. The minimum atomic E-state index is -3.77. The van der Waals surface area contributed by atoms with Crippen molar-refractivity contribution in [1.82, 2.24) is 30.5 Å². The molecule has 1 aromatic rings. The molecule has 3 saturated carbocycles. The zero-order valence-electron chi connectivity index (χ0n) is 32.0. The van der Waals surface area contributed by atoms with E-state index in [-0.39, 0.29) is 52.3 Å². The highest BCUT2D eigenvalue weighted by molar-refractivity contribution is 7.91. The topological polar surface area (TPSA) is 174 Å². The van der Waals surface area contributed by atoms with Crippen LogP contribution in [0.25, 0.3) is 0 Å². The number of hydrogen-bond donors (Lipinski definition) is 4. The maximum atomic E-state index is 14.7. The largest absolute Gasteiger partial charge is 0.346 e. The van der Waals surface area contributed by atoms with Crippen molar-refractivity contribution in [2.45, 2.75) is 114 Å². The molecule has 1 saturated heterocycles. The van der Waals surface area contributed by atoms with Gasteiger partial charge < -0.3 is 26.2 Å². The van der Waals surface area contributed by atoms with E-state index in [1.54, 1.807) is 22.4 Å². The summed E-state index contributed by atoms with van der Waals surface area (Å²) in [5.74, 6) is -2.64. The van der Waals surface area contributed by atoms with Gasteiger partial charge in [-0.15, -0.1) is 17.9 Å². The van der Waals surface area contributed by atoms with E-state index in [1.807, 2.05) is 20.8 Å². The summed E-state index contributed by atoms with van der Waals surface area (Å²) in [5, 5.41) is 13.1. The van der Waals surface area contributed by atoms with Crippen LogP contribution in [0.15, 0.2) is 34.4 Å². The van der Waals surface area contributed by atoms with Gasteiger partial charge in [-0.2, -0.15) is 4.31 Å². The number of thiophene rings is 1. The Balaban J connectivity index is 1.35. The molecule has 0 bridgehead atoms. The maximum absolute atomic E-state index is 14.7. The Morgan fingerprint density at radius 1 is 1.00 bits per heavy atom. The second-order valence-corrected chi connectivity index (χ2v) is 20.3. The minimum Gasteiger partial charge on any atom is -0.346 e. The number of nitrogens with zero attached hydrogens (tertiary/aromatic N) is 2. The number of carbonyl (C=O) groups excluding carboxylic acids is 5. The van der Waals surface area contributed by atoms with Gasteiger partial charge in [0, 0.05) is 32.7 Å². The third-order valence-electron chi connectivity index (χ3n) is 12.2. The number of ketones is 1. The normalized spacial score (nSPS) is 24.6. The molecule has 5 amide bonds. The van der Waals surface area contributed by atoms with E-state index in [4.69, 9.17) is 0 Å². The molecule has 3 aliphatic carbocycles. The van der Waals surface area contributed by atoms with Crippen LogP contribution in [0.1, 0.15) is 86.0 Å². The molecule has 6 atom stereocenters. The zero-order chi connectivity index (χ0) is 38.9. The number of likely N-dealkylation sites (tertiary alicyclic amines) is 1. The first kappa shape index (κ1) is 40.9. The summed E-state index contributed by atoms with van der Waals surface area (Å²) in [6.07, 6.45) is 8.14. The number of amides is 5. The predicted molar refractivity (Wildman–Crippen MR) is 203 cm³/mol. The van der Waals surface area contributed by atoms with Crippen molar-refractivity contribution in [2.75, 3.05) is 26.7 Å². The van der Waals surface area contributed by atoms with Crippen LogP contribution < -0.4 is 21.3 Å². The van der Waals surface area contributed by atoms with Crippen molar-refractivity contribution in [3.05, 3.63) is 30.2 Å². The van der Waals surface area contributed by atoms with E-state index >= 15 is 0 Å². The summed E-state index contributed by atoms with van der Waals surface area (Å²) >= 11 is 1.13. The second-order valence-electron chi connectivity index (χ2n) is 17.1. The lowest BCUT2D eigenvalue weighted by molar-refractivity contribution is -0.145. The summed E-state index contributed by atoms with van der Waals surface area (Å²) in [4.78, 5) is 70.5. The number of sulfonamides is 1. The van der Waals surface area contributed by atoms with Gasteiger partial charge in [0.05, 0.1) is 0 Å². The Hall–Kier alpha value is -3.30. The molecule has 4 fully saturated rings. The van der Waals surface area contributed by atoms with E-state index in [0.717, 1.165) is 49.9 Å². The van der Waals surface area contributed by atoms with Crippen molar-refractivity contribution in [3.63, 3.8) is 0 Å². The first-order valence-corrected chi connectivity index (χ1v) is 21.3. The maximum Gasteiger partial charge on any atom is 0.315 e. The molecule has 294 valence electrons. The lowest BCUT2D eigenvalue weighted by atomic mass is 9.77. The van der Waals surface area contributed by atoms with E-state index in [1.165, 1.54) is 17.4 Å². The highest BCUT2D eigenvalue weighted by atomic mass is 32.2. The molecule has 4 aliphatic rings. The predicted octanol–water partition coefficient (Wildman–Crippen LogP) is 3.67. The summed E-state index contributed by atoms with van der Waals surface area (Å²) in [6.45, 7) is 14.0. The van der Waals surface area contributed by atoms with Crippen molar-refractivity contribution in [1.29, 1.82) is 0 Å². The number of hydrogen-bond acceptors (Lipinski definition) is 8. The highest BCUT2D eigenvalue weighted by Crippen LogP contribution is 2.65. The lowest BCUT2D eigenvalue weighted by Gasteiger charge is -2.39.